The summed E-state index contributed by atoms with van der Waals surface area (Å²) < 4.78 is 6.34. The van der Waals surface area contributed by atoms with E-state index in [0.717, 1.165) is 49.7 Å². The molecule has 0 aliphatic heterocycles. The molecule has 3 aromatic carbocycles. The zero-order valence-electron chi connectivity index (χ0n) is 19.1. The van der Waals surface area contributed by atoms with Gasteiger partial charge in [-0.2, -0.15) is 0 Å². The van der Waals surface area contributed by atoms with Gasteiger partial charge in [-0.1, -0.05) is 86.8 Å². The molecule has 1 atom stereocenters. The van der Waals surface area contributed by atoms with Gasteiger partial charge in [0.25, 0.3) is 0 Å². The quantitative estimate of drug-likeness (QED) is 0.299. The lowest BCUT2D eigenvalue weighted by atomic mass is 9.97. The number of rotatable bonds is 12. The first-order valence-corrected chi connectivity index (χ1v) is 11.5. The molecule has 1 N–H and O–H groups in total. The van der Waals surface area contributed by atoms with Crippen molar-refractivity contribution < 1.29 is 9.84 Å². The number of allylic oxidation sites excluding steroid dienone is 1. The number of phenolic OH excluding ortho intramolecular Hbond substituents is 1. The summed E-state index contributed by atoms with van der Waals surface area (Å²) in [4.78, 5) is 0. The Kier molecular flexibility index (Phi) is 8.74. The lowest BCUT2D eigenvalue weighted by molar-refractivity contribution is 0.147. The number of hydrogen-bond acceptors (Lipinski definition) is 2. The van der Waals surface area contributed by atoms with E-state index >= 15 is 0 Å². The molecule has 0 bridgehead atoms. The van der Waals surface area contributed by atoms with Crippen LogP contribution in [0, 0.1) is 0 Å². The highest BCUT2D eigenvalue weighted by Gasteiger charge is 2.14. The number of benzene rings is 3. The van der Waals surface area contributed by atoms with Crippen LogP contribution < -0.4 is 0 Å². The van der Waals surface area contributed by atoms with E-state index in [4.69, 9.17) is 4.74 Å². The van der Waals surface area contributed by atoms with Gasteiger partial charge < -0.3 is 9.84 Å². The minimum absolute atomic E-state index is 0.0612. The van der Waals surface area contributed by atoms with Gasteiger partial charge in [0.15, 0.2) is 0 Å². The molecule has 0 heterocycles. The van der Waals surface area contributed by atoms with Crippen LogP contribution in [0.2, 0.25) is 0 Å². The molecule has 0 aliphatic carbocycles. The topological polar surface area (TPSA) is 29.5 Å². The van der Waals surface area contributed by atoms with Crippen molar-refractivity contribution >= 4 is 11.3 Å². The summed E-state index contributed by atoms with van der Waals surface area (Å²) in [6.45, 7) is 10.6. The van der Waals surface area contributed by atoms with Gasteiger partial charge in [0.1, 0.15) is 11.5 Å². The monoisotopic (exact) mass is 426 g/mol. The smallest absolute Gasteiger partial charge is 0.119 e. The maximum Gasteiger partial charge on any atom is 0.119 e. The summed E-state index contributed by atoms with van der Waals surface area (Å²) in [5.41, 5.74) is 5.67. The highest BCUT2D eigenvalue weighted by molar-refractivity contribution is 5.63. The molecule has 0 saturated carbocycles. The number of aryl methyl sites for hydroxylation is 2. The van der Waals surface area contributed by atoms with E-state index in [0.29, 0.717) is 11.5 Å². The molecule has 166 valence electrons. The van der Waals surface area contributed by atoms with Gasteiger partial charge in [0, 0.05) is 5.56 Å². The third-order valence-corrected chi connectivity index (χ3v) is 5.79. The number of aromatic hydroxyl groups is 1. The van der Waals surface area contributed by atoms with E-state index in [1.165, 1.54) is 16.7 Å². The lowest BCUT2D eigenvalue weighted by Crippen LogP contribution is -2.13. The first-order valence-electron chi connectivity index (χ1n) is 11.5. The van der Waals surface area contributed by atoms with Crippen molar-refractivity contribution in [2.45, 2.75) is 51.6 Å². The number of phenols is 1. The van der Waals surface area contributed by atoms with Gasteiger partial charge in [-0.3, -0.25) is 0 Å². The van der Waals surface area contributed by atoms with E-state index in [1.807, 2.05) is 60.7 Å². The molecular formula is C30H34O2. The summed E-state index contributed by atoms with van der Waals surface area (Å²) in [5, 5.41) is 9.99. The van der Waals surface area contributed by atoms with Crippen LogP contribution in [0.15, 0.2) is 92.0 Å². The maximum atomic E-state index is 9.99. The van der Waals surface area contributed by atoms with Crippen molar-refractivity contribution in [3.8, 4) is 5.75 Å². The minimum atomic E-state index is 0.0612. The van der Waals surface area contributed by atoms with Crippen molar-refractivity contribution in [2.75, 3.05) is 0 Å². The third kappa shape index (κ3) is 7.16. The van der Waals surface area contributed by atoms with Crippen LogP contribution in [0.3, 0.4) is 0 Å². The molecule has 3 aromatic rings. The average Bonchev–Trinajstić information content (AvgIpc) is 2.82. The predicted octanol–water partition coefficient (Wildman–Crippen LogP) is 7.83. The normalized spacial score (nSPS) is 11.7. The molecule has 0 saturated heterocycles. The molecule has 0 aliphatic rings. The summed E-state index contributed by atoms with van der Waals surface area (Å²) in [5.74, 6) is 1.07. The molecule has 0 amide bonds. The molecule has 0 radical (unpaired) electrons. The Morgan fingerprint density at radius 1 is 0.844 bits per heavy atom. The molecule has 1 unspecified atom stereocenters. The fourth-order valence-electron chi connectivity index (χ4n) is 3.93. The standard InChI is InChI=1S/C30H34O2/c1-4-25-20-26(22-29(31)21-25)12-11-17-30(32-24(3)28-15-9-6-10-16-28)19-18-23(2)27-13-7-5-8-14-27/h5-10,13-16,20-22,30-31H,2-4,11-12,17-19H2,1H3. The van der Waals surface area contributed by atoms with Gasteiger partial charge in [-0.25, -0.2) is 0 Å². The van der Waals surface area contributed by atoms with Gasteiger partial charge >= 0.3 is 0 Å². The van der Waals surface area contributed by atoms with E-state index in [9.17, 15) is 5.11 Å². The molecule has 3 rings (SSSR count). The van der Waals surface area contributed by atoms with Crippen LogP contribution in [0.4, 0.5) is 0 Å². The highest BCUT2D eigenvalue weighted by Crippen LogP contribution is 2.26. The Hall–Kier alpha value is -3.26. The highest BCUT2D eigenvalue weighted by atomic mass is 16.5. The molecule has 0 fully saturated rings. The molecule has 0 spiro atoms. The first kappa shape index (κ1) is 23.4. The Morgan fingerprint density at radius 2 is 1.47 bits per heavy atom. The summed E-state index contributed by atoms with van der Waals surface area (Å²) in [6.07, 6.45) is 5.57. The zero-order valence-corrected chi connectivity index (χ0v) is 19.1. The SMILES string of the molecule is C=C(CCC(CCCc1cc(O)cc(CC)c1)OC(=C)c1ccccc1)c1ccccc1. The minimum Gasteiger partial charge on any atom is -0.508 e. The second-order valence-corrected chi connectivity index (χ2v) is 8.29. The van der Waals surface area contributed by atoms with Crippen LogP contribution >= 0.6 is 0 Å². The van der Waals surface area contributed by atoms with E-state index < -0.39 is 0 Å². The van der Waals surface area contributed by atoms with Crippen molar-refractivity contribution in [1.82, 2.24) is 0 Å². The Balaban J connectivity index is 1.62. The first-order chi connectivity index (χ1) is 15.5. The molecule has 2 nitrogen and oxygen atoms in total. The molecule has 32 heavy (non-hydrogen) atoms. The van der Waals surface area contributed by atoms with Gasteiger partial charge in [-0.05, 0) is 72.9 Å². The van der Waals surface area contributed by atoms with Crippen LogP contribution in [0.25, 0.3) is 11.3 Å². The van der Waals surface area contributed by atoms with E-state index in [2.05, 4.69) is 38.3 Å². The molecule has 2 heteroatoms. The van der Waals surface area contributed by atoms with Gasteiger partial charge in [0.05, 0.1) is 6.10 Å². The maximum absolute atomic E-state index is 9.99. The van der Waals surface area contributed by atoms with Crippen LogP contribution in [0.5, 0.6) is 5.75 Å². The zero-order chi connectivity index (χ0) is 22.8. The van der Waals surface area contributed by atoms with Gasteiger partial charge in [0.2, 0.25) is 0 Å². The third-order valence-electron chi connectivity index (χ3n) is 5.79. The fraction of sp³-hybridized carbons (Fsp3) is 0.267. The summed E-state index contributed by atoms with van der Waals surface area (Å²) in [7, 11) is 0. The fourth-order valence-corrected chi connectivity index (χ4v) is 3.93. The van der Waals surface area contributed by atoms with Crippen molar-refractivity contribution in [3.63, 3.8) is 0 Å². The largest absolute Gasteiger partial charge is 0.508 e. The summed E-state index contributed by atoms with van der Waals surface area (Å²) >= 11 is 0. The van der Waals surface area contributed by atoms with Crippen molar-refractivity contribution in [2.24, 2.45) is 0 Å². The van der Waals surface area contributed by atoms with E-state index in [-0.39, 0.29) is 6.10 Å². The van der Waals surface area contributed by atoms with Crippen LogP contribution in [-0.4, -0.2) is 11.2 Å². The average molecular weight is 427 g/mol. The second-order valence-electron chi connectivity index (χ2n) is 8.29. The van der Waals surface area contributed by atoms with Crippen molar-refractivity contribution in [1.29, 1.82) is 0 Å². The van der Waals surface area contributed by atoms with Crippen LogP contribution in [-0.2, 0) is 17.6 Å². The Morgan fingerprint density at radius 3 is 2.12 bits per heavy atom. The predicted molar refractivity (Wildman–Crippen MR) is 135 cm³/mol. The van der Waals surface area contributed by atoms with Crippen molar-refractivity contribution in [3.05, 3.63) is 114 Å². The lowest BCUT2D eigenvalue weighted by Gasteiger charge is -2.21. The number of ether oxygens (including phenoxy) is 1. The van der Waals surface area contributed by atoms with E-state index in [1.54, 1.807) is 0 Å². The summed E-state index contributed by atoms with van der Waals surface area (Å²) in [6, 6.07) is 26.3. The van der Waals surface area contributed by atoms with Gasteiger partial charge in [-0.15, -0.1) is 0 Å². The van der Waals surface area contributed by atoms with Crippen LogP contribution in [0.1, 0.15) is 54.9 Å². The Bertz CT molecular complexity index is 1010. The Labute approximate surface area is 192 Å². The molecular weight excluding hydrogens is 392 g/mol. The number of hydrogen-bond donors (Lipinski definition) is 1. The molecule has 0 aromatic heterocycles. The second kappa shape index (κ2) is 12.0.